The largest absolute Gasteiger partial charge is 0.383 e. The van der Waals surface area contributed by atoms with Crippen LogP contribution >= 0.6 is 23.2 Å². The average molecular weight is 354 g/mol. The molecule has 0 saturated heterocycles. The smallest absolute Gasteiger partial charge is 0.251 e. The molecule has 1 aromatic carbocycles. The van der Waals surface area contributed by atoms with Gasteiger partial charge >= 0.3 is 0 Å². The van der Waals surface area contributed by atoms with E-state index in [0.717, 1.165) is 0 Å². The number of halogens is 3. The fraction of sp³-hybridized carbons (Fsp3) is 0.0667. The number of primary amides is 1. The minimum absolute atomic E-state index is 0.0238. The molecule has 3 rings (SSSR count). The third-order valence-electron chi connectivity index (χ3n) is 3.49. The fourth-order valence-electron chi connectivity index (χ4n) is 2.39. The van der Waals surface area contributed by atoms with Crippen LogP contribution in [0, 0.1) is 5.82 Å². The van der Waals surface area contributed by atoms with E-state index in [2.05, 4.69) is 9.97 Å². The highest BCUT2D eigenvalue weighted by Crippen LogP contribution is 2.35. The summed E-state index contributed by atoms with van der Waals surface area (Å²) in [7, 11) is 0. The van der Waals surface area contributed by atoms with Crippen molar-refractivity contribution in [2.45, 2.75) is 6.10 Å². The zero-order valence-electron chi connectivity index (χ0n) is 11.5. The van der Waals surface area contributed by atoms with Gasteiger partial charge in [-0.05, 0) is 18.2 Å². The maximum absolute atomic E-state index is 14.5. The molecule has 0 bridgehead atoms. The first-order valence-corrected chi connectivity index (χ1v) is 7.24. The van der Waals surface area contributed by atoms with Crippen molar-refractivity contribution in [3.05, 3.63) is 63.1 Å². The van der Waals surface area contributed by atoms with Crippen LogP contribution in [0.15, 0.2) is 30.6 Å². The predicted molar refractivity (Wildman–Crippen MR) is 85.1 cm³/mol. The van der Waals surface area contributed by atoms with Crippen molar-refractivity contribution < 1.29 is 14.3 Å². The molecule has 1 amide bonds. The molecule has 5 nitrogen and oxygen atoms in total. The predicted octanol–water partition coefficient (Wildman–Crippen LogP) is 3.19. The summed E-state index contributed by atoms with van der Waals surface area (Å²) in [5.74, 6) is -1.90. The number of aromatic nitrogens is 2. The summed E-state index contributed by atoms with van der Waals surface area (Å²) in [6, 6.07) is 4.07. The zero-order chi connectivity index (χ0) is 16.7. The molecule has 0 saturated carbocycles. The van der Waals surface area contributed by atoms with Crippen LogP contribution in [0.5, 0.6) is 0 Å². The first-order chi connectivity index (χ1) is 10.9. The monoisotopic (exact) mass is 353 g/mol. The van der Waals surface area contributed by atoms with Crippen molar-refractivity contribution >= 4 is 40.1 Å². The van der Waals surface area contributed by atoms with Gasteiger partial charge in [-0.2, -0.15) is 0 Å². The Morgan fingerprint density at radius 2 is 2.13 bits per heavy atom. The van der Waals surface area contributed by atoms with Crippen molar-refractivity contribution in [1.82, 2.24) is 9.97 Å². The summed E-state index contributed by atoms with van der Waals surface area (Å²) >= 11 is 11.9. The van der Waals surface area contributed by atoms with Gasteiger partial charge in [0, 0.05) is 33.9 Å². The Labute approximate surface area is 139 Å². The van der Waals surface area contributed by atoms with Crippen molar-refractivity contribution in [1.29, 1.82) is 0 Å². The number of rotatable bonds is 3. The lowest BCUT2D eigenvalue weighted by molar-refractivity contribution is 0.0996. The molecule has 8 heteroatoms. The first kappa shape index (κ1) is 15.7. The third kappa shape index (κ3) is 2.65. The van der Waals surface area contributed by atoms with Gasteiger partial charge in [0.1, 0.15) is 17.6 Å². The van der Waals surface area contributed by atoms with Gasteiger partial charge in [-0.25, -0.2) is 9.37 Å². The molecule has 0 radical (unpaired) electrons. The van der Waals surface area contributed by atoms with Gasteiger partial charge in [0.25, 0.3) is 5.91 Å². The molecule has 2 aromatic heterocycles. The van der Waals surface area contributed by atoms with Gasteiger partial charge in [0.05, 0.1) is 10.6 Å². The number of hydrogen-bond acceptors (Lipinski definition) is 3. The minimum Gasteiger partial charge on any atom is -0.383 e. The Balaban J connectivity index is 2.20. The Morgan fingerprint density at radius 3 is 2.83 bits per heavy atom. The third-order valence-corrected chi connectivity index (χ3v) is 4.03. The van der Waals surface area contributed by atoms with E-state index >= 15 is 0 Å². The van der Waals surface area contributed by atoms with E-state index in [1.54, 1.807) is 6.07 Å². The molecular formula is C15H10Cl2FN3O2. The lowest BCUT2D eigenvalue weighted by Crippen LogP contribution is -2.16. The standard InChI is InChI=1S/C15H10Cl2FN3O2/c16-6-3-8-9(5-21-15(8)20-4-6)13(22)11-10(17)2-1-7(12(11)18)14(19)23/h1-5,13,22H,(H2,19,23)(H,20,21). The summed E-state index contributed by atoms with van der Waals surface area (Å²) in [5.41, 5.74) is 5.35. The molecule has 3 aromatic rings. The van der Waals surface area contributed by atoms with Crippen molar-refractivity contribution in [3.8, 4) is 0 Å². The topological polar surface area (TPSA) is 92.0 Å². The van der Waals surface area contributed by atoms with Crippen LogP contribution in [0.4, 0.5) is 4.39 Å². The Morgan fingerprint density at radius 1 is 1.39 bits per heavy atom. The number of H-pyrrole nitrogens is 1. The number of nitrogens with zero attached hydrogens (tertiary/aromatic N) is 1. The summed E-state index contributed by atoms with van der Waals surface area (Å²) in [6.45, 7) is 0. The second kappa shape index (κ2) is 5.81. The Bertz CT molecular complexity index is 926. The number of aliphatic hydroxyl groups excluding tert-OH is 1. The molecule has 1 unspecified atom stereocenters. The summed E-state index contributed by atoms with van der Waals surface area (Å²) in [5, 5.41) is 11.4. The number of carbonyl (C=O) groups excluding carboxylic acids is 1. The molecule has 118 valence electrons. The molecule has 0 aliphatic heterocycles. The fourth-order valence-corrected chi connectivity index (χ4v) is 2.80. The van der Waals surface area contributed by atoms with Crippen LogP contribution in [0.2, 0.25) is 10.0 Å². The molecule has 0 fully saturated rings. The van der Waals surface area contributed by atoms with Crippen LogP contribution in [0.3, 0.4) is 0 Å². The van der Waals surface area contributed by atoms with Gasteiger partial charge in [0.15, 0.2) is 0 Å². The quantitative estimate of drug-likeness (QED) is 0.675. The number of nitrogens with two attached hydrogens (primary N) is 1. The van der Waals surface area contributed by atoms with Crippen LogP contribution in [0.25, 0.3) is 11.0 Å². The van der Waals surface area contributed by atoms with E-state index < -0.39 is 17.8 Å². The van der Waals surface area contributed by atoms with Crippen LogP contribution in [-0.2, 0) is 0 Å². The van der Waals surface area contributed by atoms with E-state index in [1.807, 2.05) is 0 Å². The molecule has 0 aliphatic rings. The van der Waals surface area contributed by atoms with E-state index in [-0.39, 0.29) is 16.1 Å². The van der Waals surface area contributed by atoms with E-state index in [4.69, 9.17) is 28.9 Å². The van der Waals surface area contributed by atoms with Gasteiger partial charge in [-0.15, -0.1) is 0 Å². The number of aliphatic hydroxyl groups is 1. The molecule has 4 N–H and O–H groups in total. The highest BCUT2D eigenvalue weighted by molar-refractivity contribution is 6.32. The highest BCUT2D eigenvalue weighted by Gasteiger charge is 2.25. The maximum atomic E-state index is 14.5. The van der Waals surface area contributed by atoms with Gasteiger partial charge in [0.2, 0.25) is 0 Å². The van der Waals surface area contributed by atoms with E-state index in [1.165, 1.54) is 24.5 Å². The number of aromatic amines is 1. The lowest BCUT2D eigenvalue weighted by atomic mass is 9.98. The second-order valence-corrected chi connectivity index (χ2v) is 5.73. The van der Waals surface area contributed by atoms with Crippen molar-refractivity contribution in [2.24, 2.45) is 5.73 Å². The SMILES string of the molecule is NC(=O)c1ccc(Cl)c(C(O)c2c[nH]c3ncc(Cl)cc23)c1F. The molecule has 1 atom stereocenters. The van der Waals surface area contributed by atoms with Crippen LogP contribution in [-0.4, -0.2) is 21.0 Å². The van der Waals surface area contributed by atoms with Gasteiger partial charge in [-0.1, -0.05) is 23.2 Å². The maximum Gasteiger partial charge on any atom is 0.251 e. The van der Waals surface area contributed by atoms with Crippen LogP contribution < -0.4 is 5.73 Å². The number of carbonyl (C=O) groups is 1. The second-order valence-electron chi connectivity index (χ2n) is 4.88. The number of amides is 1. The van der Waals surface area contributed by atoms with E-state index in [9.17, 15) is 14.3 Å². The zero-order valence-corrected chi connectivity index (χ0v) is 13.0. The van der Waals surface area contributed by atoms with Crippen molar-refractivity contribution in [2.75, 3.05) is 0 Å². The Kier molecular flexibility index (Phi) is 3.97. The molecular weight excluding hydrogens is 344 g/mol. The summed E-state index contributed by atoms with van der Waals surface area (Å²) in [6.07, 6.45) is 1.50. The van der Waals surface area contributed by atoms with Crippen LogP contribution in [0.1, 0.15) is 27.6 Å². The summed E-state index contributed by atoms with van der Waals surface area (Å²) < 4.78 is 14.5. The van der Waals surface area contributed by atoms with Gasteiger partial charge in [-0.3, -0.25) is 4.79 Å². The number of fused-ring (bicyclic) bond motifs is 1. The number of pyridine rings is 1. The lowest BCUT2D eigenvalue weighted by Gasteiger charge is -2.15. The normalized spacial score (nSPS) is 12.5. The molecule has 0 aliphatic carbocycles. The average Bonchev–Trinajstić information content (AvgIpc) is 2.89. The Hall–Kier alpha value is -2.15. The highest BCUT2D eigenvalue weighted by atomic mass is 35.5. The molecule has 0 spiro atoms. The number of nitrogens with one attached hydrogen (secondary N) is 1. The number of hydrogen-bond donors (Lipinski definition) is 3. The first-order valence-electron chi connectivity index (χ1n) is 6.48. The summed E-state index contributed by atoms with van der Waals surface area (Å²) in [4.78, 5) is 18.2. The van der Waals surface area contributed by atoms with E-state index in [0.29, 0.717) is 21.6 Å². The van der Waals surface area contributed by atoms with Gasteiger partial charge < -0.3 is 15.8 Å². The van der Waals surface area contributed by atoms with Crippen molar-refractivity contribution in [3.63, 3.8) is 0 Å². The molecule has 2 heterocycles. The minimum atomic E-state index is -1.42. The number of benzene rings is 1. The molecule has 23 heavy (non-hydrogen) atoms.